The van der Waals surface area contributed by atoms with E-state index in [-0.39, 0.29) is 0 Å². The highest BCUT2D eigenvalue weighted by Gasteiger charge is 2.10. The molecule has 2 aromatic heterocycles. The molecule has 0 unspecified atom stereocenters. The molecule has 0 N–H and O–H groups in total. The van der Waals surface area contributed by atoms with Gasteiger partial charge in [0, 0.05) is 29.1 Å². The van der Waals surface area contributed by atoms with Crippen LogP contribution in [0.15, 0.2) is 60.9 Å². The molecule has 2 aromatic carbocycles. The lowest BCUT2D eigenvalue weighted by atomic mass is 10.1. The van der Waals surface area contributed by atoms with E-state index < -0.39 is 0 Å². The van der Waals surface area contributed by atoms with Crippen molar-refractivity contribution in [2.45, 2.75) is 13.5 Å². The second-order valence-electron chi connectivity index (χ2n) is 5.84. The third-order valence-corrected chi connectivity index (χ3v) is 4.07. The summed E-state index contributed by atoms with van der Waals surface area (Å²) in [5, 5.41) is 4.33. The molecular weight excluding hydrogens is 328 g/mol. The van der Waals surface area contributed by atoms with Gasteiger partial charge in [0.25, 0.3) is 5.78 Å². The van der Waals surface area contributed by atoms with Crippen LogP contribution in [0.3, 0.4) is 0 Å². The average Bonchev–Trinajstić information content (AvgIpc) is 3.06. The molecule has 6 nitrogen and oxygen atoms in total. The van der Waals surface area contributed by atoms with Crippen LogP contribution in [0.2, 0.25) is 0 Å². The molecule has 0 spiro atoms. The van der Waals surface area contributed by atoms with Crippen LogP contribution < -0.4 is 9.47 Å². The van der Waals surface area contributed by atoms with Crippen molar-refractivity contribution >= 4 is 5.78 Å². The lowest BCUT2D eigenvalue weighted by molar-refractivity contribution is 0.298. The summed E-state index contributed by atoms with van der Waals surface area (Å²) in [4.78, 5) is 8.64. The molecule has 0 aliphatic heterocycles. The zero-order valence-electron chi connectivity index (χ0n) is 14.6. The Hall–Kier alpha value is -3.41. The van der Waals surface area contributed by atoms with Gasteiger partial charge in [0.1, 0.15) is 23.9 Å². The summed E-state index contributed by atoms with van der Waals surface area (Å²) >= 11 is 0. The molecule has 0 fully saturated rings. The SMILES string of the molecule is COc1ccccc1COc1ccccc1-c1cnc2nc(C)nn2c1. The van der Waals surface area contributed by atoms with E-state index >= 15 is 0 Å². The molecule has 4 aromatic rings. The Bertz CT molecular complexity index is 1060. The Morgan fingerprint density at radius 1 is 1.00 bits per heavy atom. The number of ether oxygens (including phenoxy) is 2. The van der Waals surface area contributed by atoms with Crippen molar-refractivity contribution in [3.05, 3.63) is 72.3 Å². The molecule has 130 valence electrons. The maximum atomic E-state index is 6.08. The fraction of sp³-hybridized carbons (Fsp3) is 0.150. The summed E-state index contributed by atoms with van der Waals surface area (Å²) in [6, 6.07) is 15.7. The van der Waals surface area contributed by atoms with Gasteiger partial charge in [-0.25, -0.2) is 9.50 Å². The smallest absolute Gasteiger partial charge is 0.252 e. The molecule has 0 radical (unpaired) electrons. The van der Waals surface area contributed by atoms with Crippen LogP contribution in [-0.4, -0.2) is 26.7 Å². The number of hydrogen-bond donors (Lipinski definition) is 0. The molecule has 2 heterocycles. The number of methoxy groups -OCH3 is 1. The molecule has 26 heavy (non-hydrogen) atoms. The van der Waals surface area contributed by atoms with Crippen LogP contribution in [-0.2, 0) is 6.61 Å². The third kappa shape index (κ3) is 3.09. The predicted octanol–water partition coefficient (Wildman–Crippen LogP) is 3.69. The molecule has 0 atom stereocenters. The van der Waals surface area contributed by atoms with Gasteiger partial charge >= 0.3 is 0 Å². The summed E-state index contributed by atoms with van der Waals surface area (Å²) in [6.07, 6.45) is 3.70. The second kappa shape index (κ2) is 6.84. The Kier molecular flexibility index (Phi) is 4.23. The molecule has 0 saturated carbocycles. The van der Waals surface area contributed by atoms with E-state index in [0.29, 0.717) is 18.2 Å². The first kappa shape index (κ1) is 16.1. The first-order chi connectivity index (χ1) is 12.7. The van der Waals surface area contributed by atoms with Crippen molar-refractivity contribution < 1.29 is 9.47 Å². The van der Waals surface area contributed by atoms with Crippen molar-refractivity contribution in [3.8, 4) is 22.6 Å². The monoisotopic (exact) mass is 346 g/mol. The van der Waals surface area contributed by atoms with E-state index in [1.807, 2.05) is 61.7 Å². The molecule has 0 saturated heterocycles. The summed E-state index contributed by atoms with van der Waals surface area (Å²) in [5.41, 5.74) is 2.85. The number of aryl methyl sites for hydroxylation is 1. The first-order valence-corrected chi connectivity index (χ1v) is 8.28. The van der Waals surface area contributed by atoms with Gasteiger partial charge in [-0.3, -0.25) is 0 Å². The highest BCUT2D eigenvalue weighted by Crippen LogP contribution is 2.30. The number of para-hydroxylation sites is 2. The minimum atomic E-state index is 0.416. The standard InChI is InChI=1S/C20H18N4O2/c1-14-22-20-21-11-16(12-24(20)23-14)17-8-4-6-10-19(17)26-13-15-7-3-5-9-18(15)25-2/h3-12H,13H2,1-2H3. The average molecular weight is 346 g/mol. The van der Waals surface area contributed by atoms with E-state index in [1.54, 1.807) is 17.8 Å². The van der Waals surface area contributed by atoms with Crippen LogP contribution in [0.4, 0.5) is 0 Å². The van der Waals surface area contributed by atoms with Gasteiger partial charge in [-0.1, -0.05) is 36.4 Å². The van der Waals surface area contributed by atoms with Crippen LogP contribution in [0.5, 0.6) is 11.5 Å². The highest BCUT2D eigenvalue weighted by atomic mass is 16.5. The van der Waals surface area contributed by atoms with E-state index in [4.69, 9.17) is 9.47 Å². The number of benzene rings is 2. The predicted molar refractivity (Wildman–Crippen MR) is 98.3 cm³/mol. The van der Waals surface area contributed by atoms with E-state index in [9.17, 15) is 0 Å². The van der Waals surface area contributed by atoms with Gasteiger partial charge in [-0.2, -0.15) is 10.1 Å². The van der Waals surface area contributed by atoms with Crippen molar-refractivity contribution in [2.75, 3.05) is 7.11 Å². The zero-order valence-corrected chi connectivity index (χ0v) is 14.6. The lowest BCUT2D eigenvalue weighted by Crippen LogP contribution is -2.00. The molecule has 0 amide bonds. The molecule has 0 bridgehead atoms. The maximum absolute atomic E-state index is 6.08. The third-order valence-electron chi connectivity index (χ3n) is 4.07. The number of nitrogens with zero attached hydrogens (tertiary/aromatic N) is 4. The normalized spacial score (nSPS) is 10.8. The van der Waals surface area contributed by atoms with Gasteiger partial charge in [-0.05, 0) is 19.1 Å². The second-order valence-corrected chi connectivity index (χ2v) is 5.84. The molecule has 0 aliphatic rings. The Morgan fingerprint density at radius 3 is 2.62 bits per heavy atom. The van der Waals surface area contributed by atoms with Crippen LogP contribution in [0.1, 0.15) is 11.4 Å². The van der Waals surface area contributed by atoms with E-state index in [0.717, 1.165) is 28.2 Å². The van der Waals surface area contributed by atoms with E-state index in [1.165, 1.54) is 0 Å². The van der Waals surface area contributed by atoms with Gasteiger partial charge in [0.05, 0.1) is 7.11 Å². The molecular formula is C20H18N4O2. The van der Waals surface area contributed by atoms with Gasteiger partial charge in [-0.15, -0.1) is 0 Å². The molecule has 0 aliphatic carbocycles. The summed E-state index contributed by atoms with van der Waals surface area (Å²) in [5.74, 6) is 2.86. The quantitative estimate of drug-likeness (QED) is 0.551. The number of rotatable bonds is 5. The lowest BCUT2D eigenvalue weighted by Gasteiger charge is -2.13. The van der Waals surface area contributed by atoms with Crippen molar-refractivity contribution in [2.24, 2.45) is 0 Å². The fourth-order valence-corrected chi connectivity index (χ4v) is 2.83. The summed E-state index contributed by atoms with van der Waals surface area (Å²) in [7, 11) is 1.66. The Morgan fingerprint density at radius 2 is 1.77 bits per heavy atom. The number of hydrogen-bond acceptors (Lipinski definition) is 5. The molecule has 4 rings (SSSR count). The van der Waals surface area contributed by atoms with Crippen LogP contribution >= 0.6 is 0 Å². The topological polar surface area (TPSA) is 61.5 Å². The van der Waals surface area contributed by atoms with Gasteiger partial charge in [0.15, 0.2) is 0 Å². The van der Waals surface area contributed by atoms with Crippen LogP contribution in [0.25, 0.3) is 16.9 Å². The minimum absolute atomic E-state index is 0.416. The number of fused-ring (bicyclic) bond motifs is 1. The van der Waals surface area contributed by atoms with Crippen molar-refractivity contribution in [1.82, 2.24) is 19.6 Å². The minimum Gasteiger partial charge on any atom is -0.496 e. The van der Waals surface area contributed by atoms with Gasteiger partial charge in [0.2, 0.25) is 0 Å². The Labute approximate surface area is 151 Å². The summed E-state index contributed by atoms with van der Waals surface area (Å²) < 4.78 is 13.2. The zero-order chi connectivity index (χ0) is 17.9. The van der Waals surface area contributed by atoms with Gasteiger partial charge < -0.3 is 9.47 Å². The first-order valence-electron chi connectivity index (χ1n) is 8.28. The fourth-order valence-electron chi connectivity index (χ4n) is 2.83. The van der Waals surface area contributed by atoms with Crippen molar-refractivity contribution in [1.29, 1.82) is 0 Å². The van der Waals surface area contributed by atoms with Crippen LogP contribution in [0, 0.1) is 6.92 Å². The van der Waals surface area contributed by atoms with E-state index in [2.05, 4.69) is 15.1 Å². The largest absolute Gasteiger partial charge is 0.496 e. The van der Waals surface area contributed by atoms with Crippen molar-refractivity contribution in [3.63, 3.8) is 0 Å². The maximum Gasteiger partial charge on any atom is 0.252 e. The Balaban J connectivity index is 1.65. The number of aromatic nitrogens is 4. The highest BCUT2D eigenvalue weighted by molar-refractivity contribution is 5.69. The molecule has 6 heteroatoms. The summed E-state index contributed by atoms with van der Waals surface area (Å²) in [6.45, 7) is 2.26.